The van der Waals surface area contributed by atoms with Crippen molar-refractivity contribution in [2.45, 2.75) is 18.8 Å². The average molecular weight is 313 g/mol. The van der Waals surface area contributed by atoms with Crippen LogP contribution in [0.3, 0.4) is 0 Å². The van der Waals surface area contributed by atoms with Gasteiger partial charge in [-0.25, -0.2) is 9.37 Å². The second-order valence-electron chi connectivity index (χ2n) is 4.58. The first-order valence-electron chi connectivity index (χ1n) is 6.22. The van der Waals surface area contributed by atoms with Crippen molar-refractivity contribution in [2.75, 3.05) is 11.9 Å². The fourth-order valence-corrected chi connectivity index (χ4v) is 2.59. The van der Waals surface area contributed by atoms with E-state index in [2.05, 4.69) is 4.98 Å². The minimum absolute atomic E-state index is 0.00336. The molecule has 0 aliphatic heterocycles. The van der Waals surface area contributed by atoms with Gasteiger partial charge in [0.15, 0.2) is 0 Å². The molecule has 2 nitrogen and oxygen atoms in total. The van der Waals surface area contributed by atoms with Crippen molar-refractivity contribution in [3.05, 3.63) is 58.5 Å². The largest absolute Gasteiger partial charge is 0.353 e. The molecular weight excluding hydrogens is 298 g/mol. The van der Waals surface area contributed by atoms with E-state index in [0.717, 1.165) is 5.56 Å². The summed E-state index contributed by atoms with van der Waals surface area (Å²) in [5.41, 5.74) is 1.65. The van der Waals surface area contributed by atoms with E-state index in [-0.39, 0.29) is 17.7 Å². The third-order valence-electron chi connectivity index (χ3n) is 3.32. The number of alkyl halides is 1. The van der Waals surface area contributed by atoms with Crippen LogP contribution in [0.5, 0.6) is 0 Å². The Morgan fingerprint density at radius 2 is 2.05 bits per heavy atom. The SMILES string of the molecule is CC(c1ccccc1Cl)N(C)c1ncc(F)cc1CCl. The van der Waals surface area contributed by atoms with E-state index >= 15 is 0 Å². The van der Waals surface area contributed by atoms with Crippen LogP contribution in [0.2, 0.25) is 5.02 Å². The maximum absolute atomic E-state index is 13.2. The lowest BCUT2D eigenvalue weighted by Crippen LogP contribution is -2.24. The predicted molar refractivity (Wildman–Crippen MR) is 82.0 cm³/mol. The lowest BCUT2D eigenvalue weighted by Gasteiger charge is -2.28. The highest BCUT2D eigenvalue weighted by molar-refractivity contribution is 6.31. The number of rotatable bonds is 4. The Hall–Kier alpha value is -1.32. The molecule has 0 aliphatic rings. The molecule has 1 unspecified atom stereocenters. The number of nitrogens with zero attached hydrogens (tertiary/aromatic N) is 2. The summed E-state index contributed by atoms with van der Waals surface area (Å²) in [5, 5.41) is 0.696. The van der Waals surface area contributed by atoms with Crippen LogP contribution in [0, 0.1) is 5.82 Å². The first-order valence-corrected chi connectivity index (χ1v) is 7.13. The van der Waals surface area contributed by atoms with E-state index in [1.165, 1.54) is 12.3 Å². The van der Waals surface area contributed by atoms with Gasteiger partial charge in [-0.15, -0.1) is 11.6 Å². The van der Waals surface area contributed by atoms with Crippen LogP contribution in [-0.2, 0) is 5.88 Å². The van der Waals surface area contributed by atoms with Gasteiger partial charge in [0.05, 0.1) is 18.1 Å². The molecule has 1 aromatic heterocycles. The normalized spacial score (nSPS) is 12.2. The lowest BCUT2D eigenvalue weighted by molar-refractivity contribution is 0.617. The van der Waals surface area contributed by atoms with E-state index in [9.17, 15) is 4.39 Å². The highest BCUT2D eigenvalue weighted by Gasteiger charge is 2.18. The number of hydrogen-bond acceptors (Lipinski definition) is 2. The van der Waals surface area contributed by atoms with Crippen LogP contribution in [0.25, 0.3) is 0 Å². The summed E-state index contributed by atoms with van der Waals surface area (Å²) in [7, 11) is 1.89. The first-order chi connectivity index (χ1) is 9.54. The second-order valence-corrected chi connectivity index (χ2v) is 5.25. The third kappa shape index (κ3) is 3.05. The topological polar surface area (TPSA) is 16.1 Å². The lowest BCUT2D eigenvalue weighted by atomic mass is 10.1. The molecule has 0 fully saturated rings. The molecule has 1 heterocycles. The van der Waals surface area contributed by atoms with E-state index in [1.54, 1.807) is 0 Å². The molecule has 0 bridgehead atoms. The molecule has 0 saturated carbocycles. The van der Waals surface area contributed by atoms with Crippen molar-refractivity contribution in [1.29, 1.82) is 0 Å². The first kappa shape index (κ1) is 15.1. The molecule has 2 aromatic rings. The number of hydrogen-bond donors (Lipinski definition) is 0. The highest BCUT2D eigenvalue weighted by Crippen LogP contribution is 2.31. The molecule has 0 radical (unpaired) electrons. The van der Waals surface area contributed by atoms with Crippen molar-refractivity contribution in [2.24, 2.45) is 0 Å². The van der Waals surface area contributed by atoms with Crippen molar-refractivity contribution < 1.29 is 4.39 Å². The van der Waals surface area contributed by atoms with Gasteiger partial charge in [0, 0.05) is 17.6 Å². The molecule has 106 valence electrons. The summed E-state index contributed by atoms with van der Waals surface area (Å²) in [6.45, 7) is 2.02. The molecule has 20 heavy (non-hydrogen) atoms. The zero-order valence-electron chi connectivity index (χ0n) is 11.3. The molecule has 0 aliphatic carbocycles. The predicted octanol–water partition coefficient (Wildman–Crippen LogP) is 4.81. The molecule has 0 amide bonds. The Morgan fingerprint density at radius 3 is 2.70 bits per heavy atom. The van der Waals surface area contributed by atoms with Crippen LogP contribution in [0.4, 0.5) is 10.2 Å². The Kier molecular flexibility index (Phi) is 4.84. The summed E-state index contributed by atoms with van der Waals surface area (Å²) in [6, 6.07) is 9.05. The molecule has 5 heteroatoms. The maximum atomic E-state index is 13.2. The van der Waals surface area contributed by atoms with Crippen LogP contribution < -0.4 is 4.90 Å². The quantitative estimate of drug-likeness (QED) is 0.753. The van der Waals surface area contributed by atoms with Gasteiger partial charge in [0.2, 0.25) is 0 Å². The average Bonchev–Trinajstić information content (AvgIpc) is 2.46. The monoisotopic (exact) mass is 312 g/mol. The number of halogens is 3. The van der Waals surface area contributed by atoms with E-state index in [4.69, 9.17) is 23.2 Å². The third-order valence-corrected chi connectivity index (χ3v) is 3.96. The summed E-state index contributed by atoms with van der Waals surface area (Å²) >= 11 is 12.1. The number of anilines is 1. The van der Waals surface area contributed by atoms with Crippen molar-refractivity contribution >= 4 is 29.0 Å². The second kappa shape index (κ2) is 6.42. The molecule has 2 rings (SSSR count). The van der Waals surface area contributed by atoms with E-state index in [1.807, 2.05) is 43.1 Å². The van der Waals surface area contributed by atoms with Gasteiger partial charge < -0.3 is 4.90 Å². The van der Waals surface area contributed by atoms with E-state index < -0.39 is 0 Å². The zero-order valence-corrected chi connectivity index (χ0v) is 12.8. The van der Waals surface area contributed by atoms with Gasteiger partial charge in [-0.05, 0) is 24.6 Å². The number of aromatic nitrogens is 1. The van der Waals surface area contributed by atoms with Crippen LogP contribution in [-0.4, -0.2) is 12.0 Å². The van der Waals surface area contributed by atoms with Crippen molar-refractivity contribution in [3.63, 3.8) is 0 Å². The smallest absolute Gasteiger partial charge is 0.141 e. The Bertz CT molecular complexity index is 604. The molecule has 1 atom stereocenters. The maximum Gasteiger partial charge on any atom is 0.141 e. The Morgan fingerprint density at radius 1 is 1.35 bits per heavy atom. The van der Waals surface area contributed by atoms with Crippen LogP contribution in [0.15, 0.2) is 36.5 Å². The van der Waals surface area contributed by atoms with Gasteiger partial charge in [0.25, 0.3) is 0 Å². The van der Waals surface area contributed by atoms with E-state index in [0.29, 0.717) is 16.4 Å². The van der Waals surface area contributed by atoms with Gasteiger partial charge >= 0.3 is 0 Å². The van der Waals surface area contributed by atoms with Gasteiger partial charge in [-0.1, -0.05) is 29.8 Å². The molecule has 0 spiro atoms. The number of benzene rings is 1. The fourth-order valence-electron chi connectivity index (χ4n) is 2.10. The molecular formula is C15H15Cl2FN2. The Balaban J connectivity index is 2.36. The minimum Gasteiger partial charge on any atom is -0.353 e. The number of pyridine rings is 1. The molecule has 0 N–H and O–H groups in total. The minimum atomic E-state index is -0.386. The zero-order chi connectivity index (χ0) is 14.7. The fraction of sp³-hybridized carbons (Fsp3) is 0.267. The highest BCUT2D eigenvalue weighted by atomic mass is 35.5. The van der Waals surface area contributed by atoms with Gasteiger partial charge in [-0.3, -0.25) is 0 Å². The standard InChI is InChI=1S/C15H15Cl2FN2/c1-10(13-5-3-4-6-14(13)17)20(2)15-11(8-16)7-12(18)9-19-15/h3-7,9-10H,8H2,1-2H3. The summed E-state index contributed by atoms with van der Waals surface area (Å²) in [4.78, 5) is 6.09. The van der Waals surface area contributed by atoms with Crippen molar-refractivity contribution in [1.82, 2.24) is 4.98 Å². The Labute approximate surface area is 128 Å². The van der Waals surface area contributed by atoms with Crippen LogP contribution >= 0.6 is 23.2 Å². The summed E-state index contributed by atoms with van der Waals surface area (Å²) in [5.74, 6) is 0.483. The summed E-state index contributed by atoms with van der Waals surface area (Å²) < 4.78 is 13.2. The summed E-state index contributed by atoms with van der Waals surface area (Å²) in [6.07, 6.45) is 1.20. The van der Waals surface area contributed by atoms with Crippen LogP contribution in [0.1, 0.15) is 24.1 Å². The van der Waals surface area contributed by atoms with Gasteiger partial charge in [-0.2, -0.15) is 0 Å². The molecule has 0 saturated heterocycles. The van der Waals surface area contributed by atoms with Gasteiger partial charge in [0.1, 0.15) is 11.6 Å². The van der Waals surface area contributed by atoms with Crippen molar-refractivity contribution in [3.8, 4) is 0 Å². The molecule has 1 aromatic carbocycles.